The molecular formula is C12H16N2O3. The van der Waals surface area contributed by atoms with E-state index in [9.17, 15) is 9.59 Å². The normalized spacial score (nSPS) is 11.8. The number of carbonyl (C=O) groups is 2. The molecule has 1 amide bonds. The fourth-order valence-corrected chi connectivity index (χ4v) is 1.45. The Morgan fingerprint density at radius 1 is 1.29 bits per heavy atom. The minimum absolute atomic E-state index is 0.116. The third-order valence-corrected chi connectivity index (χ3v) is 2.36. The highest BCUT2D eigenvalue weighted by Crippen LogP contribution is 2.12. The number of carboxylic acids is 1. The molecule has 1 aromatic rings. The fraction of sp³-hybridized carbons (Fsp3) is 0.333. The number of nitrogens with one attached hydrogen (secondary N) is 2. The number of amides is 1. The van der Waals surface area contributed by atoms with E-state index in [-0.39, 0.29) is 12.3 Å². The molecule has 0 spiro atoms. The van der Waals surface area contributed by atoms with Crippen LogP contribution in [0.1, 0.15) is 18.0 Å². The molecule has 1 atom stereocenters. The molecule has 5 nitrogen and oxygen atoms in total. The second-order valence-electron chi connectivity index (χ2n) is 3.56. The first-order valence-corrected chi connectivity index (χ1v) is 5.37. The summed E-state index contributed by atoms with van der Waals surface area (Å²) in [6.45, 7) is 0.325. The summed E-state index contributed by atoms with van der Waals surface area (Å²) in [4.78, 5) is 22.1. The standard InChI is InChI=1S/C12H16N2O3/c1-13-10(15)7-8-14-11(12(16)17)9-5-3-2-4-6-9/h2-6,11,14H,7-8H2,1H3,(H,13,15)(H,16,17). The Morgan fingerprint density at radius 3 is 2.47 bits per heavy atom. The molecule has 0 saturated carbocycles. The average molecular weight is 236 g/mol. The molecule has 0 saturated heterocycles. The van der Waals surface area contributed by atoms with Gasteiger partial charge >= 0.3 is 5.97 Å². The van der Waals surface area contributed by atoms with Crippen molar-refractivity contribution in [2.45, 2.75) is 12.5 Å². The lowest BCUT2D eigenvalue weighted by molar-refractivity contribution is -0.139. The predicted molar refractivity (Wildman–Crippen MR) is 63.5 cm³/mol. The van der Waals surface area contributed by atoms with Crippen molar-refractivity contribution in [3.63, 3.8) is 0 Å². The van der Waals surface area contributed by atoms with Gasteiger partial charge in [-0.05, 0) is 5.56 Å². The van der Waals surface area contributed by atoms with Gasteiger partial charge in [0.05, 0.1) is 0 Å². The van der Waals surface area contributed by atoms with Gasteiger partial charge in [-0.15, -0.1) is 0 Å². The lowest BCUT2D eigenvalue weighted by atomic mass is 10.1. The Balaban J connectivity index is 2.56. The van der Waals surface area contributed by atoms with E-state index in [0.717, 1.165) is 0 Å². The van der Waals surface area contributed by atoms with Crippen molar-refractivity contribution in [2.75, 3.05) is 13.6 Å². The van der Waals surface area contributed by atoms with Crippen molar-refractivity contribution in [3.8, 4) is 0 Å². The topological polar surface area (TPSA) is 78.4 Å². The Hall–Kier alpha value is -1.88. The minimum Gasteiger partial charge on any atom is -0.480 e. The molecule has 3 N–H and O–H groups in total. The highest BCUT2D eigenvalue weighted by molar-refractivity contribution is 5.77. The van der Waals surface area contributed by atoms with E-state index in [1.807, 2.05) is 6.07 Å². The molecule has 1 unspecified atom stereocenters. The smallest absolute Gasteiger partial charge is 0.325 e. The predicted octanol–water partition coefficient (Wildman–Crippen LogP) is 0.538. The number of carboxylic acid groups (broad SMARTS) is 1. The second kappa shape index (κ2) is 6.65. The van der Waals surface area contributed by atoms with E-state index in [0.29, 0.717) is 12.1 Å². The van der Waals surface area contributed by atoms with E-state index >= 15 is 0 Å². The molecule has 0 aromatic heterocycles. The number of hydrogen-bond donors (Lipinski definition) is 3. The van der Waals surface area contributed by atoms with Gasteiger partial charge in [-0.2, -0.15) is 0 Å². The average Bonchev–Trinajstić information content (AvgIpc) is 2.34. The third kappa shape index (κ3) is 4.24. The first-order valence-electron chi connectivity index (χ1n) is 5.37. The van der Waals surface area contributed by atoms with Crippen LogP contribution in [-0.4, -0.2) is 30.6 Å². The van der Waals surface area contributed by atoms with Crippen LogP contribution in [-0.2, 0) is 9.59 Å². The van der Waals surface area contributed by atoms with Crippen LogP contribution in [0.25, 0.3) is 0 Å². The molecule has 0 aliphatic rings. The molecule has 92 valence electrons. The van der Waals surface area contributed by atoms with E-state index < -0.39 is 12.0 Å². The summed E-state index contributed by atoms with van der Waals surface area (Å²) in [6, 6.07) is 8.10. The molecule has 1 rings (SSSR count). The van der Waals surface area contributed by atoms with Crippen LogP contribution in [0, 0.1) is 0 Å². The summed E-state index contributed by atoms with van der Waals surface area (Å²) in [5.41, 5.74) is 0.678. The second-order valence-corrected chi connectivity index (χ2v) is 3.56. The summed E-state index contributed by atoms with van der Waals surface area (Å²) in [7, 11) is 1.55. The van der Waals surface area contributed by atoms with Gasteiger partial charge in [-0.1, -0.05) is 30.3 Å². The van der Waals surface area contributed by atoms with E-state index in [1.165, 1.54) is 0 Å². The molecule has 0 aliphatic carbocycles. The molecule has 17 heavy (non-hydrogen) atoms. The van der Waals surface area contributed by atoms with Crippen LogP contribution in [0.3, 0.4) is 0 Å². The molecule has 0 aliphatic heterocycles. The zero-order valence-electron chi connectivity index (χ0n) is 9.64. The number of rotatable bonds is 6. The quantitative estimate of drug-likeness (QED) is 0.673. The van der Waals surface area contributed by atoms with Gasteiger partial charge in [-0.25, -0.2) is 0 Å². The van der Waals surface area contributed by atoms with Gasteiger partial charge in [0, 0.05) is 20.0 Å². The SMILES string of the molecule is CNC(=O)CCNC(C(=O)O)c1ccccc1. The molecule has 0 bridgehead atoms. The zero-order chi connectivity index (χ0) is 12.7. The van der Waals surface area contributed by atoms with Crippen molar-refractivity contribution >= 4 is 11.9 Å². The van der Waals surface area contributed by atoms with Crippen molar-refractivity contribution in [3.05, 3.63) is 35.9 Å². The van der Waals surface area contributed by atoms with Crippen molar-refractivity contribution in [1.82, 2.24) is 10.6 Å². The van der Waals surface area contributed by atoms with Gasteiger partial charge in [0.1, 0.15) is 6.04 Å². The molecular weight excluding hydrogens is 220 g/mol. The van der Waals surface area contributed by atoms with E-state index in [4.69, 9.17) is 5.11 Å². The summed E-state index contributed by atoms with van der Waals surface area (Å²) >= 11 is 0. The highest BCUT2D eigenvalue weighted by Gasteiger charge is 2.18. The molecule has 1 aromatic carbocycles. The van der Waals surface area contributed by atoms with Crippen LogP contribution in [0.4, 0.5) is 0 Å². The maximum absolute atomic E-state index is 11.1. The Bertz CT molecular complexity index is 379. The number of benzene rings is 1. The third-order valence-electron chi connectivity index (χ3n) is 2.36. The first kappa shape index (κ1) is 13.2. The monoisotopic (exact) mass is 236 g/mol. The van der Waals surface area contributed by atoms with Crippen molar-refractivity contribution in [2.24, 2.45) is 0 Å². The number of aliphatic carboxylic acids is 1. The van der Waals surface area contributed by atoms with Gasteiger partial charge in [0.15, 0.2) is 0 Å². The molecule has 0 fully saturated rings. The maximum Gasteiger partial charge on any atom is 0.325 e. The first-order chi connectivity index (χ1) is 8.15. The Kier molecular flexibility index (Phi) is 5.16. The molecule has 5 heteroatoms. The van der Waals surface area contributed by atoms with Crippen LogP contribution < -0.4 is 10.6 Å². The van der Waals surface area contributed by atoms with Crippen molar-refractivity contribution < 1.29 is 14.7 Å². The van der Waals surface area contributed by atoms with Crippen LogP contribution in [0.15, 0.2) is 30.3 Å². The van der Waals surface area contributed by atoms with Gasteiger partial charge in [-0.3, -0.25) is 9.59 Å². The zero-order valence-corrected chi connectivity index (χ0v) is 9.64. The van der Waals surface area contributed by atoms with Gasteiger partial charge in [0.2, 0.25) is 5.91 Å². The fourth-order valence-electron chi connectivity index (χ4n) is 1.45. The lowest BCUT2D eigenvalue weighted by Crippen LogP contribution is -2.32. The van der Waals surface area contributed by atoms with Crippen LogP contribution in [0.2, 0.25) is 0 Å². The Morgan fingerprint density at radius 2 is 1.94 bits per heavy atom. The molecule has 0 radical (unpaired) electrons. The highest BCUT2D eigenvalue weighted by atomic mass is 16.4. The Labute approximate surface area is 99.8 Å². The molecule has 0 heterocycles. The van der Waals surface area contributed by atoms with E-state index in [1.54, 1.807) is 31.3 Å². The summed E-state index contributed by atoms with van der Waals surface area (Å²) < 4.78 is 0. The van der Waals surface area contributed by atoms with Gasteiger partial charge in [0.25, 0.3) is 0 Å². The maximum atomic E-state index is 11.1. The number of hydrogen-bond acceptors (Lipinski definition) is 3. The summed E-state index contributed by atoms with van der Waals surface area (Å²) in [5.74, 6) is -1.07. The number of carbonyl (C=O) groups excluding carboxylic acids is 1. The van der Waals surface area contributed by atoms with Gasteiger partial charge < -0.3 is 15.7 Å². The summed E-state index contributed by atoms with van der Waals surface area (Å²) in [6.07, 6.45) is 0.257. The van der Waals surface area contributed by atoms with E-state index in [2.05, 4.69) is 10.6 Å². The lowest BCUT2D eigenvalue weighted by Gasteiger charge is -2.14. The van der Waals surface area contributed by atoms with Crippen LogP contribution >= 0.6 is 0 Å². The summed E-state index contributed by atoms with van der Waals surface area (Å²) in [5, 5.41) is 14.4. The van der Waals surface area contributed by atoms with Crippen molar-refractivity contribution in [1.29, 1.82) is 0 Å². The van der Waals surface area contributed by atoms with Crippen LogP contribution in [0.5, 0.6) is 0 Å². The largest absolute Gasteiger partial charge is 0.480 e. The minimum atomic E-state index is -0.951.